The van der Waals surface area contributed by atoms with Crippen LogP contribution < -0.4 is 0 Å². The van der Waals surface area contributed by atoms with Crippen LogP contribution in [0.25, 0.3) is 0 Å². The Kier molecular flexibility index (Phi) is 5.36. The van der Waals surface area contributed by atoms with E-state index < -0.39 is 0 Å². The molecule has 2 aromatic rings. The minimum Gasteiger partial charge on any atom is -0.376 e. The number of aromatic amines is 1. The summed E-state index contributed by atoms with van der Waals surface area (Å²) in [5.41, 5.74) is 3.81. The molecule has 0 unspecified atom stereocenters. The zero-order valence-corrected chi connectivity index (χ0v) is 15.1. The zero-order chi connectivity index (χ0) is 17.0. The number of hydrogen-bond acceptors (Lipinski definition) is 3. The Labute approximate surface area is 145 Å². The number of aromatic nitrogens is 2. The van der Waals surface area contributed by atoms with E-state index in [0.29, 0.717) is 6.10 Å². The predicted molar refractivity (Wildman–Crippen MR) is 97.1 cm³/mol. The van der Waals surface area contributed by atoms with Gasteiger partial charge in [-0.25, -0.2) is 0 Å². The number of H-pyrrole nitrogens is 1. The molecule has 2 heterocycles. The molecule has 24 heavy (non-hydrogen) atoms. The summed E-state index contributed by atoms with van der Waals surface area (Å²) in [5.74, 6) is 0. The van der Waals surface area contributed by atoms with Crippen molar-refractivity contribution in [3.8, 4) is 0 Å². The third-order valence-corrected chi connectivity index (χ3v) is 4.61. The highest BCUT2D eigenvalue weighted by Crippen LogP contribution is 2.21. The van der Waals surface area contributed by atoms with E-state index in [1.54, 1.807) is 0 Å². The fraction of sp³-hybridized carbons (Fsp3) is 0.550. The van der Waals surface area contributed by atoms with Crippen LogP contribution in [0.5, 0.6) is 0 Å². The minimum absolute atomic E-state index is 0.0952. The minimum atomic E-state index is 0.0952. The summed E-state index contributed by atoms with van der Waals surface area (Å²) in [6.45, 7) is 10.3. The molecular formula is C20H29N3O. The molecule has 0 radical (unpaired) electrons. The Morgan fingerprint density at radius 2 is 2.04 bits per heavy atom. The lowest BCUT2D eigenvalue weighted by Gasteiger charge is -2.32. The van der Waals surface area contributed by atoms with Crippen LogP contribution in [0, 0.1) is 0 Å². The molecule has 3 rings (SSSR count). The van der Waals surface area contributed by atoms with E-state index in [1.807, 2.05) is 0 Å². The van der Waals surface area contributed by atoms with Gasteiger partial charge in [-0.3, -0.25) is 10.00 Å². The summed E-state index contributed by atoms with van der Waals surface area (Å²) < 4.78 is 5.96. The molecule has 1 aliphatic heterocycles. The van der Waals surface area contributed by atoms with Crippen molar-refractivity contribution >= 4 is 0 Å². The highest BCUT2D eigenvalue weighted by Gasteiger charge is 2.22. The highest BCUT2D eigenvalue weighted by atomic mass is 16.5. The van der Waals surface area contributed by atoms with Gasteiger partial charge in [-0.1, -0.05) is 51.1 Å². The number of nitrogens with one attached hydrogen (secondary N) is 1. The SMILES string of the molecule is CC(C)(C)c1cc(CN2CCO[C@H](CCc3ccccc3)C2)[nH]n1. The first-order chi connectivity index (χ1) is 11.5. The predicted octanol–water partition coefficient (Wildman–Crippen LogP) is 3.54. The molecule has 130 valence electrons. The van der Waals surface area contributed by atoms with E-state index in [4.69, 9.17) is 4.74 Å². The second-order valence-corrected chi connectivity index (χ2v) is 7.78. The Balaban J connectivity index is 1.51. The monoisotopic (exact) mass is 327 g/mol. The van der Waals surface area contributed by atoms with Crippen molar-refractivity contribution in [1.29, 1.82) is 0 Å². The fourth-order valence-electron chi connectivity index (χ4n) is 3.14. The van der Waals surface area contributed by atoms with Gasteiger partial charge in [0.15, 0.2) is 0 Å². The second-order valence-electron chi connectivity index (χ2n) is 7.78. The van der Waals surface area contributed by atoms with Gasteiger partial charge in [0.05, 0.1) is 18.4 Å². The summed E-state index contributed by atoms with van der Waals surface area (Å²) in [6.07, 6.45) is 2.48. The summed E-state index contributed by atoms with van der Waals surface area (Å²) >= 11 is 0. The van der Waals surface area contributed by atoms with Crippen LogP contribution in [0.4, 0.5) is 0 Å². The van der Waals surface area contributed by atoms with E-state index in [-0.39, 0.29) is 5.41 Å². The summed E-state index contributed by atoms with van der Waals surface area (Å²) in [5, 5.41) is 7.66. The number of nitrogens with zero attached hydrogens (tertiary/aromatic N) is 2. The molecule has 1 aliphatic rings. The van der Waals surface area contributed by atoms with E-state index in [1.165, 1.54) is 11.3 Å². The number of morpholine rings is 1. The van der Waals surface area contributed by atoms with E-state index in [9.17, 15) is 0 Å². The number of benzene rings is 1. The molecule has 1 fully saturated rings. The van der Waals surface area contributed by atoms with Gasteiger partial charge in [0, 0.05) is 30.7 Å². The fourth-order valence-corrected chi connectivity index (χ4v) is 3.14. The largest absolute Gasteiger partial charge is 0.376 e. The van der Waals surface area contributed by atoms with Crippen LogP contribution in [0.2, 0.25) is 0 Å². The lowest BCUT2D eigenvalue weighted by atomic mass is 9.92. The van der Waals surface area contributed by atoms with Crippen molar-refractivity contribution in [2.24, 2.45) is 0 Å². The van der Waals surface area contributed by atoms with Crippen LogP contribution in [0.3, 0.4) is 0 Å². The quantitative estimate of drug-likeness (QED) is 0.913. The molecule has 0 bridgehead atoms. The molecule has 1 saturated heterocycles. The van der Waals surface area contributed by atoms with Crippen molar-refractivity contribution in [2.75, 3.05) is 19.7 Å². The third-order valence-electron chi connectivity index (χ3n) is 4.61. The first-order valence-electron chi connectivity index (χ1n) is 8.93. The Morgan fingerprint density at radius 3 is 2.75 bits per heavy atom. The van der Waals surface area contributed by atoms with E-state index >= 15 is 0 Å². The lowest BCUT2D eigenvalue weighted by Crippen LogP contribution is -2.42. The van der Waals surface area contributed by atoms with Crippen molar-refractivity contribution in [1.82, 2.24) is 15.1 Å². The van der Waals surface area contributed by atoms with Crippen LogP contribution in [-0.4, -0.2) is 40.9 Å². The molecule has 1 aromatic heterocycles. The average molecular weight is 327 g/mol. The Morgan fingerprint density at radius 1 is 1.25 bits per heavy atom. The smallest absolute Gasteiger partial charge is 0.0705 e. The summed E-state index contributed by atoms with van der Waals surface area (Å²) in [4.78, 5) is 2.47. The number of aryl methyl sites for hydroxylation is 1. The maximum atomic E-state index is 5.96. The van der Waals surface area contributed by atoms with Crippen molar-refractivity contribution < 1.29 is 4.74 Å². The van der Waals surface area contributed by atoms with Gasteiger partial charge in [0.2, 0.25) is 0 Å². The van der Waals surface area contributed by atoms with Crippen molar-refractivity contribution in [3.63, 3.8) is 0 Å². The topological polar surface area (TPSA) is 41.1 Å². The number of ether oxygens (including phenoxy) is 1. The molecule has 0 spiro atoms. The number of hydrogen-bond donors (Lipinski definition) is 1. The van der Waals surface area contributed by atoms with Crippen LogP contribution in [-0.2, 0) is 23.1 Å². The molecular weight excluding hydrogens is 298 g/mol. The maximum Gasteiger partial charge on any atom is 0.0705 e. The third kappa shape index (κ3) is 4.68. The molecule has 1 N–H and O–H groups in total. The van der Waals surface area contributed by atoms with E-state index in [2.05, 4.69) is 72.3 Å². The van der Waals surface area contributed by atoms with Gasteiger partial charge in [-0.05, 0) is 24.5 Å². The maximum absolute atomic E-state index is 5.96. The molecule has 0 aliphatic carbocycles. The average Bonchev–Trinajstić information content (AvgIpc) is 3.03. The van der Waals surface area contributed by atoms with Gasteiger partial charge in [0.25, 0.3) is 0 Å². The summed E-state index contributed by atoms with van der Waals surface area (Å²) in [6, 6.07) is 12.9. The van der Waals surface area contributed by atoms with Crippen LogP contribution in [0.15, 0.2) is 36.4 Å². The first kappa shape index (κ1) is 17.2. The number of rotatable bonds is 5. The zero-order valence-electron chi connectivity index (χ0n) is 15.1. The second kappa shape index (κ2) is 7.49. The Hall–Kier alpha value is -1.65. The first-order valence-corrected chi connectivity index (χ1v) is 8.93. The Bertz CT molecular complexity index is 630. The lowest BCUT2D eigenvalue weighted by molar-refractivity contribution is -0.0349. The van der Waals surface area contributed by atoms with Gasteiger partial charge in [0.1, 0.15) is 0 Å². The highest BCUT2D eigenvalue weighted by molar-refractivity contribution is 5.16. The van der Waals surface area contributed by atoms with Gasteiger partial charge < -0.3 is 4.74 Å². The van der Waals surface area contributed by atoms with Crippen LogP contribution in [0.1, 0.15) is 44.1 Å². The van der Waals surface area contributed by atoms with Gasteiger partial charge >= 0.3 is 0 Å². The summed E-state index contributed by atoms with van der Waals surface area (Å²) in [7, 11) is 0. The molecule has 0 amide bonds. The standard InChI is InChI=1S/C20H29N3O/c1-20(2,3)19-13-17(21-22-19)14-23-11-12-24-18(15-23)10-9-16-7-5-4-6-8-16/h4-8,13,18H,9-12,14-15H2,1-3H3,(H,21,22)/t18-/m1/s1. The van der Waals surface area contributed by atoms with Gasteiger partial charge in [-0.2, -0.15) is 5.10 Å². The molecule has 1 atom stereocenters. The van der Waals surface area contributed by atoms with Crippen molar-refractivity contribution in [3.05, 3.63) is 53.3 Å². The molecule has 1 aromatic carbocycles. The van der Waals surface area contributed by atoms with Gasteiger partial charge in [-0.15, -0.1) is 0 Å². The van der Waals surface area contributed by atoms with Crippen LogP contribution >= 0.6 is 0 Å². The molecule has 4 nitrogen and oxygen atoms in total. The molecule has 0 saturated carbocycles. The normalized spacial score (nSPS) is 19.5. The van der Waals surface area contributed by atoms with Crippen molar-refractivity contribution in [2.45, 2.75) is 51.7 Å². The molecule has 4 heteroatoms. The van der Waals surface area contributed by atoms with E-state index in [0.717, 1.165) is 44.8 Å².